The summed E-state index contributed by atoms with van der Waals surface area (Å²) < 4.78 is 0. The summed E-state index contributed by atoms with van der Waals surface area (Å²) in [6.45, 7) is 11.2. The van der Waals surface area contributed by atoms with Gasteiger partial charge in [0.2, 0.25) is 0 Å². The molecule has 0 saturated heterocycles. The zero-order chi connectivity index (χ0) is 30.9. The minimum atomic E-state index is 0.157. The van der Waals surface area contributed by atoms with Gasteiger partial charge < -0.3 is 4.90 Å². The molecule has 0 unspecified atom stereocenters. The van der Waals surface area contributed by atoms with E-state index < -0.39 is 0 Å². The Kier molecular flexibility index (Phi) is 6.22. The Morgan fingerprint density at radius 3 is 1.56 bits per heavy atom. The predicted octanol–water partition coefficient (Wildman–Crippen LogP) is 12.7. The molecule has 7 aromatic rings. The first-order valence-corrected chi connectivity index (χ1v) is 15.9. The monoisotopic (exact) mass is 579 g/mol. The van der Waals surface area contributed by atoms with E-state index in [1.165, 1.54) is 88.7 Å². The molecule has 0 aromatic heterocycles. The highest BCUT2D eigenvalue weighted by molar-refractivity contribution is 6.12. The topological polar surface area (TPSA) is 3.24 Å². The summed E-state index contributed by atoms with van der Waals surface area (Å²) in [5.41, 5.74) is 15.6. The van der Waals surface area contributed by atoms with Gasteiger partial charge in [-0.2, -0.15) is 0 Å². The Balaban J connectivity index is 1.18. The average molecular weight is 580 g/mol. The van der Waals surface area contributed by atoms with Gasteiger partial charge in [0, 0.05) is 11.4 Å². The van der Waals surface area contributed by atoms with Gasteiger partial charge in [-0.15, -0.1) is 0 Å². The highest BCUT2D eigenvalue weighted by atomic mass is 15.1. The van der Waals surface area contributed by atoms with Crippen LogP contribution in [0.2, 0.25) is 0 Å². The molecule has 45 heavy (non-hydrogen) atoms. The van der Waals surface area contributed by atoms with Crippen LogP contribution in [-0.2, 0) is 5.41 Å². The second-order valence-electron chi connectivity index (χ2n) is 13.6. The van der Waals surface area contributed by atoms with Crippen LogP contribution in [0.5, 0.6) is 0 Å². The first-order chi connectivity index (χ1) is 21.7. The first-order valence-electron chi connectivity index (χ1n) is 15.9. The third-order valence-electron chi connectivity index (χ3n) is 9.54. The fraction of sp³-hybridized carbons (Fsp3) is 0.136. The molecule has 0 radical (unpaired) electrons. The molecule has 0 fully saturated rings. The quantitative estimate of drug-likeness (QED) is 0.200. The molecule has 218 valence electrons. The lowest BCUT2D eigenvalue weighted by Gasteiger charge is -2.29. The maximum Gasteiger partial charge on any atom is 0.0519 e. The van der Waals surface area contributed by atoms with Crippen LogP contribution in [0.3, 0.4) is 0 Å². The number of hydrogen-bond acceptors (Lipinski definition) is 1. The van der Waals surface area contributed by atoms with Crippen molar-refractivity contribution in [2.45, 2.75) is 40.0 Å². The third-order valence-corrected chi connectivity index (χ3v) is 9.54. The first kappa shape index (κ1) is 27.4. The maximum absolute atomic E-state index is 2.40. The van der Waals surface area contributed by atoms with Crippen molar-refractivity contribution in [3.05, 3.63) is 150 Å². The number of aryl methyl sites for hydroxylation is 2. The molecule has 1 nitrogen and oxygen atoms in total. The maximum atomic E-state index is 2.40. The minimum absolute atomic E-state index is 0.157. The molecule has 0 spiro atoms. The molecule has 0 N–H and O–H groups in total. The van der Waals surface area contributed by atoms with Gasteiger partial charge in [0.25, 0.3) is 0 Å². The molecule has 1 heteroatoms. The number of benzene rings is 7. The van der Waals surface area contributed by atoms with Crippen LogP contribution >= 0.6 is 0 Å². The summed E-state index contributed by atoms with van der Waals surface area (Å²) in [5.74, 6) is 0. The number of hydrogen-bond donors (Lipinski definition) is 0. The molecule has 0 saturated carbocycles. The SMILES string of the molecule is Cc1cccc(C)c1N(c1ccccc1)c1ccc2cc3c(cc2c1)-c1cc2ccc(-c4ccc(C(C)(C)C)cc4)cc2cc1-3. The summed E-state index contributed by atoms with van der Waals surface area (Å²) in [5, 5.41) is 5.11. The van der Waals surface area contributed by atoms with Crippen LogP contribution < -0.4 is 4.90 Å². The molecular weight excluding hydrogens is 542 g/mol. The van der Waals surface area contributed by atoms with Crippen molar-refractivity contribution >= 4 is 38.6 Å². The third kappa shape index (κ3) is 4.62. The van der Waals surface area contributed by atoms with Crippen molar-refractivity contribution in [1.29, 1.82) is 0 Å². The van der Waals surface area contributed by atoms with Gasteiger partial charge in [-0.1, -0.05) is 99.6 Å². The second-order valence-corrected chi connectivity index (χ2v) is 13.6. The number of anilines is 3. The fourth-order valence-electron chi connectivity index (χ4n) is 7.04. The molecule has 7 aromatic carbocycles. The van der Waals surface area contributed by atoms with Crippen LogP contribution in [0.25, 0.3) is 54.9 Å². The second kappa shape index (κ2) is 10.2. The van der Waals surface area contributed by atoms with Gasteiger partial charge in [-0.3, -0.25) is 0 Å². The van der Waals surface area contributed by atoms with Crippen molar-refractivity contribution in [2.75, 3.05) is 4.90 Å². The lowest BCUT2D eigenvalue weighted by atomic mass is 9.77. The number of para-hydroxylation sites is 2. The molecule has 0 amide bonds. The molecule has 0 bridgehead atoms. The van der Waals surface area contributed by atoms with Gasteiger partial charge in [0.05, 0.1) is 5.69 Å². The highest BCUT2D eigenvalue weighted by Gasteiger charge is 2.25. The Hall–Kier alpha value is -5.14. The summed E-state index contributed by atoms with van der Waals surface area (Å²) >= 11 is 0. The molecule has 0 atom stereocenters. The van der Waals surface area contributed by atoms with E-state index in [0.29, 0.717) is 0 Å². The standard InChI is InChI=1S/C44H37N/c1-28-10-9-11-29(2)43(28)45(37-12-7-6-8-13-37)38-21-18-33-25-40-41-26-34-22-31(30-16-19-36(20-17-30)44(3,4)5)14-15-32(34)24-39(41)42(40)27-35(33)23-38/h6-27H,1-5H3. The molecule has 1 aliphatic rings. The van der Waals surface area contributed by atoms with E-state index in [-0.39, 0.29) is 5.41 Å². The van der Waals surface area contributed by atoms with Gasteiger partial charge in [0.15, 0.2) is 0 Å². The largest absolute Gasteiger partial charge is 0.310 e. The van der Waals surface area contributed by atoms with E-state index in [4.69, 9.17) is 0 Å². The molecule has 0 heterocycles. The van der Waals surface area contributed by atoms with E-state index in [9.17, 15) is 0 Å². The van der Waals surface area contributed by atoms with Crippen molar-refractivity contribution < 1.29 is 0 Å². The number of nitrogens with zero attached hydrogens (tertiary/aromatic N) is 1. The van der Waals surface area contributed by atoms with Gasteiger partial charge >= 0.3 is 0 Å². The molecule has 8 rings (SSSR count). The fourth-order valence-corrected chi connectivity index (χ4v) is 7.04. The Bertz CT molecular complexity index is 2230. The zero-order valence-corrected chi connectivity index (χ0v) is 26.6. The van der Waals surface area contributed by atoms with Crippen LogP contribution in [-0.4, -0.2) is 0 Å². The van der Waals surface area contributed by atoms with Crippen molar-refractivity contribution in [2.24, 2.45) is 0 Å². The normalized spacial score (nSPS) is 12.1. The smallest absolute Gasteiger partial charge is 0.0519 e. The van der Waals surface area contributed by atoms with E-state index in [2.05, 4.69) is 173 Å². The van der Waals surface area contributed by atoms with E-state index in [1.54, 1.807) is 0 Å². The zero-order valence-electron chi connectivity index (χ0n) is 26.6. The summed E-state index contributed by atoms with van der Waals surface area (Å²) in [7, 11) is 0. The van der Waals surface area contributed by atoms with Crippen molar-refractivity contribution in [3.8, 4) is 33.4 Å². The van der Waals surface area contributed by atoms with E-state index in [0.717, 1.165) is 0 Å². The molecule has 0 aliphatic heterocycles. The molecular formula is C44H37N. The average Bonchev–Trinajstić information content (AvgIpc) is 3.04. The van der Waals surface area contributed by atoms with Crippen LogP contribution in [0.4, 0.5) is 17.1 Å². The van der Waals surface area contributed by atoms with Crippen molar-refractivity contribution in [3.63, 3.8) is 0 Å². The Morgan fingerprint density at radius 1 is 0.422 bits per heavy atom. The van der Waals surface area contributed by atoms with Crippen molar-refractivity contribution in [1.82, 2.24) is 0 Å². The van der Waals surface area contributed by atoms with Gasteiger partial charge in [-0.25, -0.2) is 0 Å². The van der Waals surface area contributed by atoms with Crippen LogP contribution in [0.1, 0.15) is 37.5 Å². The number of fused-ring (bicyclic) bond motifs is 6. The minimum Gasteiger partial charge on any atom is -0.310 e. The van der Waals surface area contributed by atoms with Crippen LogP contribution in [0, 0.1) is 13.8 Å². The van der Waals surface area contributed by atoms with Gasteiger partial charge in [-0.05, 0) is 145 Å². The van der Waals surface area contributed by atoms with E-state index >= 15 is 0 Å². The Labute approximate surface area is 266 Å². The summed E-state index contributed by atoms with van der Waals surface area (Å²) in [4.78, 5) is 2.40. The Morgan fingerprint density at radius 2 is 0.956 bits per heavy atom. The predicted molar refractivity (Wildman–Crippen MR) is 194 cm³/mol. The summed E-state index contributed by atoms with van der Waals surface area (Å²) in [6, 6.07) is 49.6. The highest BCUT2D eigenvalue weighted by Crippen LogP contribution is 2.51. The van der Waals surface area contributed by atoms with E-state index in [1.807, 2.05) is 0 Å². The van der Waals surface area contributed by atoms with Gasteiger partial charge in [0.1, 0.15) is 0 Å². The van der Waals surface area contributed by atoms with Crippen LogP contribution in [0.15, 0.2) is 133 Å². The number of rotatable bonds is 4. The summed E-state index contributed by atoms with van der Waals surface area (Å²) in [6.07, 6.45) is 0. The lowest BCUT2D eigenvalue weighted by Crippen LogP contribution is -2.12. The lowest BCUT2D eigenvalue weighted by molar-refractivity contribution is 0.590. The molecule has 1 aliphatic carbocycles.